The number of aromatic nitrogens is 1. The number of nitrogens with one attached hydrogen (secondary N) is 1. The lowest BCUT2D eigenvalue weighted by Crippen LogP contribution is -1.83. The average molecular weight is 150 g/mol. The van der Waals surface area contributed by atoms with E-state index in [-0.39, 0.29) is 0 Å². The van der Waals surface area contributed by atoms with Gasteiger partial charge >= 0.3 is 0 Å². The summed E-state index contributed by atoms with van der Waals surface area (Å²) in [5.41, 5.74) is 1.53. The molecule has 1 aromatic rings. The molecule has 3 heteroatoms. The van der Waals surface area contributed by atoms with Crippen LogP contribution in [-0.4, -0.2) is 4.98 Å². The van der Waals surface area contributed by atoms with Crippen molar-refractivity contribution in [2.45, 2.75) is 6.92 Å². The van der Waals surface area contributed by atoms with Crippen LogP contribution < -0.4 is 0 Å². The van der Waals surface area contributed by atoms with Gasteiger partial charge < -0.3 is 4.98 Å². The highest BCUT2D eigenvalue weighted by atomic mass is 32.1. The Bertz CT molecular complexity index is 332. The zero-order chi connectivity index (χ0) is 7.56. The monoisotopic (exact) mass is 150 g/mol. The Balaban J connectivity index is 3.36. The standard InChI is InChI=1S/C7H6N2S/c1-5-2-6(4-8)9-7(10)3-5/h2-3H,1H3,(H,9,10). The number of hydrogen-bond donors (Lipinski definition) is 1. The SMILES string of the molecule is Cc1cc(C#N)[nH]c(=S)c1. The van der Waals surface area contributed by atoms with Gasteiger partial charge in [-0.3, -0.25) is 0 Å². The van der Waals surface area contributed by atoms with E-state index in [1.165, 1.54) is 0 Å². The van der Waals surface area contributed by atoms with Crippen LogP contribution in [0.4, 0.5) is 0 Å². The Morgan fingerprint density at radius 1 is 1.60 bits per heavy atom. The summed E-state index contributed by atoms with van der Waals surface area (Å²) < 4.78 is 0.608. The van der Waals surface area contributed by atoms with Crippen LogP contribution in [0, 0.1) is 22.9 Å². The molecule has 0 aliphatic carbocycles. The van der Waals surface area contributed by atoms with E-state index in [9.17, 15) is 0 Å². The van der Waals surface area contributed by atoms with E-state index >= 15 is 0 Å². The molecule has 1 N–H and O–H groups in total. The van der Waals surface area contributed by atoms with Gasteiger partial charge in [0.15, 0.2) is 0 Å². The van der Waals surface area contributed by atoms with Crippen molar-refractivity contribution in [2.75, 3.05) is 0 Å². The molecule has 0 saturated heterocycles. The predicted molar refractivity (Wildman–Crippen MR) is 41.1 cm³/mol. The maximum absolute atomic E-state index is 8.46. The second kappa shape index (κ2) is 2.63. The van der Waals surface area contributed by atoms with Crippen LogP contribution in [0.25, 0.3) is 0 Å². The zero-order valence-electron chi connectivity index (χ0n) is 5.51. The van der Waals surface area contributed by atoms with Crippen LogP contribution in [0.15, 0.2) is 12.1 Å². The van der Waals surface area contributed by atoms with Crippen molar-refractivity contribution in [3.05, 3.63) is 28.0 Å². The second-order valence-corrected chi connectivity index (χ2v) is 2.49. The van der Waals surface area contributed by atoms with Gasteiger partial charge in [-0.05, 0) is 24.6 Å². The summed E-state index contributed by atoms with van der Waals surface area (Å²) in [6.45, 7) is 1.91. The minimum Gasteiger partial charge on any atom is -0.338 e. The van der Waals surface area contributed by atoms with Crippen LogP contribution in [0.3, 0.4) is 0 Å². The van der Waals surface area contributed by atoms with E-state index in [1.54, 1.807) is 6.07 Å². The molecule has 0 aliphatic rings. The lowest BCUT2D eigenvalue weighted by molar-refractivity contribution is 1.21. The fraction of sp³-hybridized carbons (Fsp3) is 0.143. The van der Waals surface area contributed by atoms with Crippen LogP contribution in [0.5, 0.6) is 0 Å². The van der Waals surface area contributed by atoms with Crippen molar-refractivity contribution in [2.24, 2.45) is 0 Å². The number of aryl methyl sites for hydroxylation is 1. The largest absolute Gasteiger partial charge is 0.338 e. The van der Waals surface area contributed by atoms with Gasteiger partial charge in [0.05, 0.1) is 0 Å². The molecule has 1 heterocycles. The summed E-state index contributed by atoms with van der Waals surface area (Å²) in [4.78, 5) is 2.75. The van der Waals surface area contributed by atoms with Crippen molar-refractivity contribution >= 4 is 12.2 Å². The van der Waals surface area contributed by atoms with Crippen LogP contribution in [0.2, 0.25) is 0 Å². The third-order valence-electron chi connectivity index (χ3n) is 1.11. The molecule has 1 aromatic heterocycles. The van der Waals surface area contributed by atoms with Gasteiger partial charge in [0.25, 0.3) is 0 Å². The fourth-order valence-electron chi connectivity index (χ4n) is 0.741. The van der Waals surface area contributed by atoms with E-state index < -0.39 is 0 Å². The molecule has 0 radical (unpaired) electrons. The first-order valence-electron chi connectivity index (χ1n) is 2.83. The average Bonchev–Trinajstić information content (AvgIpc) is 1.85. The molecule has 10 heavy (non-hydrogen) atoms. The minimum absolute atomic E-state index is 0.519. The van der Waals surface area contributed by atoms with Crippen molar-refractivity contribution in [3.63, 3.8) is 0 Å². The first-order chi connectivity index (χ1) is 4.72. The number of H-pyrrole nitrogens is 1. The molecule has 1 rings (SSSR count). The number of nitrogens with zero attached hydrogens (tertiary/aromatic N) is 1. The van der Waals surface area contributed by atoms with E-state index in [0.29, 0.717) is 10.3 Å². The highest BCUT2D eigenvalue weighted by Crippen LogP contribution is 1.99. The van der Waals surface area contributed by atoms with E-state index in [4.69, 9.17) is 17.5 Å². The first-order valence-corrected chi connectivity index (χ1v) is 3.24. The van der Waals surface area contributed by atoms with E-state index in [2.05, 4.69) is 4.98 Å². The first kappa shape index (κ1) is 6.97. The van der Waals surface area contributed by atoms with Crippen LogP contribution >= 0.6 is 12.2 Å². The molecule has 50 valence electrons. The topological polar surface area (TPSA) is 39.6 Å². The third kappa shape index (κ3) is 1.42. The Kier molecular flexibility index (Phi) is 1.83. The quantitative estimate of drug-likeness (QED) is 0.574. The van der Waals surface area contributed by atoms with Gasteiger partial charge in [-0.15, -0.1) is 0 Å². The Labute approximate surface area is 64.1 Å². The van der Waals surface area contributed by atoms with E-state index in [0.717, 1.165) is 5.56 Å². The number of aromatic amines is 1. The lowest BCUT2D eigenvalue weighted by atomic mass is 10.2. The number of pyridine rings is 1. The summed E-state index contributed by atoms with van der Waals surface area (Å²) in [7, 11) is 0. The van der Waals surface area contributed by atoms with Gasteiger partial charge in [-0.25, -0.2) is 0 Å². The van der Waals surface area contributed by atoms with E-state index in [1.807, 2.05) is 19.1 Å². The van der Waals surface area contributed by atoms with Crippen molar-refractivity contribution in [1.82, 2.24) is 4.98 Å². The van der Waals surface area contributed by atoms with Crippen molar-refractivity contribution in [3.8, 4) is 6.07 Å². The maximum atomic E-state index is 8.46. The molecule has 0 spiro atoms. The van der Waals surface area contributed by atoms with Crippen molar-refractivity contribution in [1.29, 1.82) is 5.26 Å². The van der Waals surface area contributed by atoms with Crippen molar-refractivity contribution < 1.29 is 0 Å². The fourth-order valence-corrected chi connectivity index (χ4v) is 1.04. The van der Waals surface area contributed by atoms with Gasteiger partial charge in [0, 0.05) is 0 Å². The smallest absolute Gasteiger partial charge is 0.118 e. The summed E-state index contributed by atoms with van der Waals surface area (Å²) in [6, 6.07) is 5.56. The maximum Gasteiger partial charge on any atom is 0.118 e. The Morgan fingerprint density at radius 2 is 2.30 bits per heavy atom. The van der Waals surface area contributed by atoms with Crippen LogP contribution in [-0.2, 0) is 0 Å². The molecule has 2 nitrogen and oxygen atoms in total. The van der Waals surface area contributed by atoms with Gasteiger partial charge in [0.1, 0.15) is 16.4 Å². The summed E-state index contributed by atoms with van der Waals surface area (Å²) in [5, 5.41) is 8.46. The highest BCUT2D eigenvalue weighted by molar-refractivity contribution is 7.71. The lowest BCUT2D eigenvalue weighted by Gasteiger charge is -1.91. The molecular formula is C7H6N2S. The molecule has 0 atom stereocenters. The highest BCUT2D eigenvalue weighted by Gasteiger charge is 1.89. The van der Waals surface area contributed by atoms with Crippen LogP contribution in [0.1, 0.15) is 11.3 Å². The third-order valence-corrected chi connectivity index (χ3v) is 1.33. The Morgan fingerprint density at radius 3 is 2.80 bits per heavy atom. The molecular weight excluding hydrogens is 144 g/mol. The molecule has 0 fully saturated rings. The second-order valence-electron chi connectivity index (χ2n) is 2.05. The Hall–Kier alpha value is -1.14. The molecule has 0 aromatic carbocycles. The van der Waals surface area contributed by atoms with Gasteiger partial charge in [0.2, 0.25) is 0 Å². The molecule has 0 aliphatic heterocycles. The van der Waals surface area contributed by atoms with Gasteiger partial charge in [-0.2, -0.15) is 5.26 Å². The number of hydrogen-bond acceptors (Lipinski definition) is 2. The molecule has 0 amide bonds. The molecule has 0 bridgehead atoms. The van der Waals surface area contributed by atoms with Gasteiger partial charge in [-0.1, -0.05) is 12.2 Å². The number of rotatable bonds is 0. The molecule has 0 saturated carbocycles. The molecule has 0 unspecified atom stereocenters. The summed E-state index contributed by atoms with van der Waals surface area (Å²) in [6.07, 6.45) is 0. The number of nitriles is 1. The summed E-state index contributed by atoms with van der Waals surface area (Å²) in [5.74, 6) is 0. The summed E-state index contributed by atoms with van der Waals surface area (Å²) >= 11 is 4.85. The minimum atomic E-state index is 0.519. The predicted octanol–water partition coefficient (Wildman–Crippen LogP) is 1.92. The normalized spacial score (nSPS) is 8.80. The zero-order valence-corrected chi connectivity index (χ0v) is 6.33.